The van der Waals surface area contributed by atoms with Crippen molar-refractivity contribution in [2.75, 3.05) is 0 Å². The molecule has 2 atom stereocenters. The first-order valence-electron chi connectivity index (χ1n) is 11.5. The molecule has 1 aliphatic heterocycles. The van der Waals surface area contributed by atoms with Crippen LogP contribution in [-0.4, -0.2) is 17.6 Å². The highest BCUT2D eigenvalue weighted by Crippen LogP contribution is 2.42. The van der Waals surface area contributed by atoms with Crippen molar-refractivity contribution in [2.24, 2.45) is 0 Å². The Balaban J connectivity index is 1.42. The largest absolute Gasteiger partial charge is 0.382 e. The van der Waals surface area contributed by atoms with Crippen LogP contribution in [0.15, 0.2) is 59.4 Å². The molecule has 0 amide bonds. The van der Waals surface area contributed by atoms with Crippen molar-refractivity contribution < 1.29 is 0 Å². The highest BCUT2D eigenvalue weighted by Gasteiger charge is 2.43. The average Bonchev–Trinajstić information content (AvgIpc) is 3.44. The zero-order valence-electron chi connectivity index (χ0n) is 18.3. The van der Waals surface area contributed by atoms with Gasteiger partial charge in [-0.15, -0.1) is 6.58 Å². The maximum absolute atomic E-state index is 4.03. The Morgan fingerprint density at radius 2 is 2.11 bits per heavy atom. The van der Waals surface area contributed by atoms with Crippen molar-refractivity contribution >= 4 is 0 Å². The summed E-state index contributed by atoms with van der Waals surface area (Å²) in [6.07, 6.45) is 24.0. The fourth-order valence-corrected chi connectivity index (χ4v) is 4.60. The van der Waals surface area contributed by atoms with Crippen LogP contribution in [0.1, 0.15) is 85.0 Å². The second kappa shape index (κ2) is 9.78. The molecule has 0 spiro atoms. The van der Waals surface area contributed by atoms with Crippen LogP contribution in [0.3, 0.4) is 0 Å². The van der Waals surface area contributed by atoms with Crippen LogP contribution in [0.2, 0.25) is 0 Å². The van der Waals surface area contributed by atoms with E-state index in [2.05, 4.69) is 62.3 Å². The lowest BCUT2D eigenvalue weighted by molar-refractivity contribution is 0.395. The fourth-order valence-electron chi connectivity index (χ4n) is 4.60. The molecule has 2 unspecified atom stereocenters. The van der Waals surface area contributed by atoms with E-state index in [9.17, 15) is 0 Å². The standard InChI is InChI=1S/C26H40N2/c1-5-7-10-22-12-15-25(20(3)19-22)28-26(17-18-26)16-8-11-24-14-13-23(9-6-2)21(4)27-24/h6,12-14,19,24-25,27-28H,2,5,7-11,15-18H2,1,3-4H3. The molecule has 0 aromatic carbocycles. The maximum Gasteiger partial charge on any atom is 0.0444 e. The monoisotopic (exact) mass is 380 g/mol. The van der Waals surface area contributed by atoms with Crippen LogP contribution < -0.4 is 10.6 Å². The lowest BCUT2D eigenvalue weighted by Gasteiger charge is -2.29. The van der Waals surface area contributed by atoms with E-state index < -0.39 is 0 Å². The predicted octanol–water partition coefficient (Wildman–Crippen LogP) is 6.49. The van der Waals surface area contributed by atoms with Crippen molar-refractivity contribution in [2.45, 2.75) is 103 Å². The molecule has 0 aromatic rings. The summed E-state index contributed by atoms with van der Waals surface area (Å²) in [5.41, 5.74) is 6.19. The topological polar surface area (TPSA) is 24.1 Å². The molecule has 154 valence electrons. The SMILES string of the molecule is C=CCC1=C(C)NC(CCCC2(NC3CC=C(CCCC)C=C3C)CC2)C=C1. The normalized spacial score (nSPS) is 25.8. The molecule has 0 bridgehead atoms. The lowest BCUT2D eigenvalue weighted by atomic mass is 9.91. The summed E-state index contributed by atoms with van der Waals surface area (Å²) in [5.74, 6) is 0. The van der Waals surface area contributed by atoms with Crippen molar-refractivity contribution in [3.63, 3.8) is 0 Å². The van der Waals surface area contributed by atoms with Gasteiger partial charge in [-0.1, -0.05) is 54.9 Å². The third-order valence-electron chi connectivity index (χ3n) is 6.68. The second-order valence-electron chi connectivity index (χ2n) is 9.13. The number of allylic oxidation sites excluding steroid dienone is 6. The van der Waals surface area contributed by atoms with Crippen LogP contribution in [0.5, 0.6) is 0 Å². The summed E-state index contributed by atoms with van der Waals surface area (Å²) in [6.45, 7) is 10.6. The Kier molecular flexibility index (Phi) is 7.40. The van der Waals surface area contributed by atoms with Gasteiger partial charge in [-0.25, -0.2) is 0 Å². The van der Waals surface area contributed by atoms with E-state index in [-0.39, 0.29) is 0 Å². The van der Waals surface area contributed by atoms with Crippen LogP contribution in [0.4, 0.5) is 0 Å². The zero-order chi connectivity index (χ0) is 20.0. The summed E-state index contributed by atoms with van der Waals surface area (Å²) in [4.78, 5) is 0. The number of hydrogen-bond acceptors (Lipinski definition) is 2. The Bertz CT molecular complexity index is 673. The molecule has 1 saturated carbocycles. The first-order valence-corrected chi connectivity index (χ1v) is 11.5. The Morgan fingerprint density at radius 1 is 1.29 bits per heavy atom. The Labute approximate surface area is 172 Å². The minimum Gasteiger partial charge on any atom is -0.382 e. The van der Waals surface area contributed by atoms with Gasteiger partial charge in [-0.3, -0.25) is 0 Å². The second-order valence-corrected chi connectivity index (χ2v) is 9.13. The van der Waals surface area contributed by atoms with Crippen LogP contribution in [0, 0.1) is 0 Å². The van der Waals surface area contributed by atoms with Gasteiger partial charge in [0.05, 0.1) is 0 Å². The summed E-state index contributed by atoms with van der Waals surface area (Å²) < 4.78 is 0. The van der Waals surface area contributed by atoms with Gasteiger partial charge in [0.1, 0.15) is 0 Å². The molecule has 2 nitrogen and oxygen atoms in total. The zero-order valence-corrected chi connectivity index (χ0v) is 18.3. The summed E-state index contributed by atoms with van der Waals surface area (Å²) >= 11 is 0. The Morgan fingerprint density at radius 3 is 2.75 bits per heavy atom. The van der Waals surface area contributed by atoms with E-state index in [1.807, 2.05) is 6.08 Å². The van der Waals surface area contributed by atoms with Gasteiger partial charge in [-0.2, -0.15) is 0 Å². The quantitative estimate of drug-likeness (QED) is 0.400. The van der Waals surface area contributed by atoms with Gasteiger partial charge in [0.15, 0.2) is 0 Å². The molecular formula is C26H40N2. The van der Waals surface area contributed by atoms with Crippen molar-refractivity contribution in [3.8, 4) is 0 Å². The fraction of sp³-hybridized carbons (Fsp3) is 0.615. The van der Waals surface area contributed by atoms with Crippen LogP contribution >= 0.6 is 0 Å². The molecule has 3 rings (SSSR count). The van der Waals surface area contributed by atoms with E-state index in [1.54, 1.807) is 5.57 Å². The molecule has 28 heavy (non-hydrogen) atoms. The minimum atomic E-state index is 0.409. The van der Waals surface area contributed by atoms with E-state index in [0.717, 1.165) is 6.42 Å². The van der Waals surface area contributed by atoms with Crippen molar-refractivity contribution in [1.29, 1.82) is 0 Å². The summed E-state index contributed by atoms with van der Waals surface area (Å²) in [5, 5.41) is 7.71. The van der Waals surface area contributed by atoms with E-state index in [4.69, 9.17) is 0 Å². The molecule has 1 fully saturated rings. The predicted molar refractivity (Wildman–Crippen MR) is 122 cm³/mol. The molecule has 0 aromatic heterocycles. The highest BCUT2D eigenvalue weighted by atomic mass is 15.1. The molecular weight excluding hydrogens is 340 g/mol. The first-order chi connectivity index (χ1) is 13.5. The van der Waals surface area contributed by atoms with E-state index in [1.165, 1.54) is 74.6 Å². The van der Waals surface area contributed by atoms with Crippen LogP contribution in [0.25, 0.3) is 0 Å². The smallest absolute Gasteiger partial charge is 0.0444 e. The van der Waals surface area contributed by atoms with Gasteiger partial charge in [0, 0.05) is 23.3 Å². The van der Waals surface area contributed by atoms with Crippen molar-refractivity contribution in [3.05, 3.63) is 59.4 Å². The third kappa shape index (κ3) is 5.73. The molecule has 0 radical (unpaired) electrons. The van der Waals surface area contributed by atoms with Crippen LogP contribution in [-0.2, 0) is 0 Å². The Hall–Kier alpha value is -1.54. The highest BCUT2D eigenvalue weighted by molar-refractivity contribution is 5.32. The summed E-state index contributed by atoms with van der Waals surface area (Å²) in [7, 11) is 0. The molecule has 2 heteroatoms. The molecule has 0 saturated heterocycles. The molecule has 2 N–H and O–H groups in total. The van der Waals surface area contributed by atoms with Gasteiger partial charge in [0.25, 0.3) is 0 Å². The maximum atomic E-state index is 4.03. The summed E-state index contributed by atoms with van der Waals surface area (Å²) in [6, 6.07) is 1.04. The lowest BCUT2D eigenvalue weighted by Crippen LogP contribution is -2.41. The number of nitrogens with one attached hydrogen (secondary N) is 2. The number of hydrogen-bond donors (Lipinski definition) is 2. The number of dihydropyridines is 1. The molecule has 3 aliphatic rings. The van der Waals surface area contributed by atoms with E-state index >= 15 is 0 Å². The average molecular weight is 381 g/mol. The molecule has 1 heterocycles. The van der Waals surface area contributed by atoms with Gasteiger partial charge in [0.2, 0.25) is 0 Å². The minimum absolute atomic E-state index is 0.409. The van der Waals surface area contributed by atoms with E-state index in [0.29, 0.717) is 17.6 Å². The molecule has 2 aliphatic carbocycles. The first kappa shape index (κ1) is 21.2. The van der Waals surface area contributed by atoms with Gasteiger partial charge < -0.3 is 10.6 Å². The third-order valence-corrected chi connectivity index (χ3v) is 6.68. The number of unbranched alkanes of at least 4 members (excludes halogenated alkanes) is 1. The van der Waals surface area contributed by atoms with Crippen molar-refractivity contribution in [1.82, 2.24) is 10.6 Å². The number of rotatable bonds is 11. The van der Waals surface area contributed by atoms with Gasteiger partial charge in [-0.05, 0) is 77.2 Å². The van der Waals surface area contributed by atoms with Gasteiger partial charge >= 0.3 is 0 Å².